The van der Waals surface area contributed by atoms with E-state index in [0.29, 0.717) is 28.7 Å². The van der Waals surface area contributed by atoms with Crippen molar-refractivity contribution >= 4 is 23.5 Å². The Morgan fingerprint density at radius 1 is 1.06 bits per heavy atom. The Kier molecular flexibility index (Phi) is 8.09. The van der Waals surface area contributed by atoms with Crippen molar-refractivity contribution in [3.8, 4) is 22.6 Å². The maximum absolute atomic E-state index is 13.2. The number of ether oxygens (including phenoxy) is 2. The highest BCUT2D eigenvalue weighted by molar-refractivity contribution is 6.32. The van der Waals surface area contributed by atoms with Gasteiger partial charge in [-0.15, -0.1) is 0 Å². The lowest BCUT2D eigenvalue weighted by atomic mass is 9.97. The predicted octanol–water partition coefficient (Wildman–Crippen LogP) is 6.16. The number of hydrogen-bond acceptors (Lipinski definition) is 4. The van der Waals surface area contributed by atoms with Crippen LogP contribution in [0.1, 0.15) is 21.5 Å². The first-order valence-corrected chi connectivity index (χ1v) is 10.8. The molecule has 4 nitrogen and oxygen atoms in total. The number of nitrogens with zero attached hydrogens (tertiary/aromatic N) is 1. The summed E-state index contributed by atoms with van der Waals surface area (Å²) < 4.78 is 11.1. The molecule has 0 radical (unpaired) electrons. The lowest BCUT2D eigenvalue weighted by molar-refractivity contribution is 0.104. The number of aryl methyl sites for hydroxylation is 1. The van der Waals surface area contributed by atoms with E-state index in [1.807, 2.05) is 61.5 Å². The fraction of sp³-hybridized carbons (Fsp3) is 0.222. The third-order valence-electron chi connectivity index (χ3n) is 5.12. The number of ketones is 1. The Hall–Kier alpha value is -3.08. The summed E-state index contributed by atoms with van der Waals surface area (Å²) in [5, 5.41) is 0.518. The molecule has 0 saturated heterocycles. The highest BCUT2D eigenvalue weighted by atomic mass is 35.5. The van der Waals surface area contributed by atoms with Crippen LogP contribution in [0.15, 0.2) is 66.7 Å². The molecule has 0 fully saturated rings. The number of carbonyl (C=O) groups excluding carboxylic acids is 1. The van der Waals surface area contributed by atoms with Crippen LogP contribution >= 0.6 is 11.6 Å². The Balaban J connectivity index is 1.94. The van der Waals surface area contributed by atoms with Crippen molar-refractivity contribution in [3.63, 3.8) is 0 Å². The van der Waals surface area contributed by atoms with Crippen molar-refractivity contribution in [3.05, 3.63) is 88.5 Å². The molecular weight excluding hydrogens is 422 g/mol. The average molecular weight is 450 g/mol. The van der Waals surface area contributed by atoms with Gasteiger partial charge < -0.3 is 14.4 Å². The molecule has 0 bridgehead atoms. The fourth-order valence-corrected chi connectivity index (χ4v) is 3.51. The lowest BCUT2D eigenvalue weighted by Crippen LogP contribution is -2.20. The van der Waals surface area contributed by atoms with Gasteiger partial charge in [0.15, 0.2) is 5.78 Å². The van der Waals surface area contributed by atoms with Crippen molar-refractivity contribution in [2.45, 2.75) is 6.92 Å². The molecule has 0 atom stereocenters. The minimum atomic E-state index is -0.146. The van der Waals surface area contributed by atoms with Gasteiger partial charge in [0, 0.05) is 6.54 Å². The third kappa shape index (κ3) is 6.00. The van der Waals surface area contributed by atoms with Crippen LogP contribution in [0.25, 0.3) is 17.2 Å². The summed E-state index contributed by atoms with van der Waals surface area (Å²) >= 11 is 6.32. The van der Waals surface area contributed by atoms with Crippen LogP contribution in [0.4, 0.5) is 0 Å². The van der Waals surface area contributed by atoms with Gasteiger partial charge in [0.1, 0.15) is 18.1 Å². The summed E-state index contributed by atoms with van der Waals surface area (Å²) in [6, 6.07) is 19.2. The van der Waals surface area contributed by atoms with E-state index in [0.717, 1.165) is 28.8 Å². The Labute approximate surface area is 195 Å². The van der Waals surface area contributed by atoms with Gasteiger partial charge in [0.2, 0.25) is 0 Å². The molecule has 0 aromatic heterocycles. The number of hydrogen-bond donors (Lipinski definition) is 0. The van der Waals surface area contributed by atoms with E-state index >= 15 is 0 Å². The minimum Gasteiger partial charge on any atom is -0.497 e. The second kappa shape index (κ2) is 11.0. The molecule has 3 aromatic rings. The van der Waals surface area contributed by atoms with E-state index in [1.165, 1.54) is 6.08 Å². The summed E-state index contributed by atoms with van der Waals surface area (Å²) in [6.45, 7) is 3.30. The van der Waals surface area contributed by atoms with Crippen LogP contribution in [0.3, 0.4) is 0 Å². The second-order valence-corrected chi connectivity index (χ2v) is 8.17. The molecular formula is C27H28ClNO3. The summed E-state index contributed by atoms with van der Waals surface area (Å²) in [4.78, 5) is 15.2. The molecule has 3 aromatic carbocycles. The van der Waals surface area contributed by atoms with Crippen molar-refractivity contribution in [2.75, 3.05) is 34.4 Å². The number of likely N-dealkylation sites (N-methyl/N-ethyl adjacent to an activating group) is 1. The van der Waals surface area contributed by atoms with Crippen LogP contribution in [-0.2, 0) is 0 Å². The van der Waals surface area contributed by atoms with Crippen molar-refractivity contribution in [1.82, 2.24) is 4.90 Å². The van der Waals surface area contributed by atoms with Gasteiger partial charge in [0.25, 0.3) is 0 Å². The van der Waals surface area contributed by atoms with E-state index in [1.54, 1.807) is 19.3 Å². The maximum Gasteiger partial charge on any atom is 0.189 e. The molecule has 3 rings (SSSR count). The Morgan fingerprint density at radius 2 is 1.84 bits per heavy atom. The molecule has 32 heavy (non-hydrogen) atoms. The first-order chi connectivity index (χ1) is 15.4. The summed E-state index contributed by atoms with van der Waals surface area (Å²) in [6.07, 6.45) is 3.25. The number of methoxy groups -OCH3 is 1. The van der Waals surface area contributed by atoms with Crippen LogP contribution in [-0.4, -0.2) is 45.0 Å². The van der Waals surface area contributed by atoms with Gasteiger partial charge >= 0.3 is 0 Å². The zero-order valence-corrected chi connectivity index (χ0v) is 19.6. The average Bonchev–Trinajstić information content (AvgIpc) is 2.78. The number of carbonyl (C=O) groups is 1. The van der Waals surface area contributed by atoms with Gasteiger partial charge in [-0.05, 0) is 85.8 Å². The molecule has 0 spiro atoms. The lowest BCUT2D eigenvalue weighted by Gasteiger charge is -2.15. The Morgan fingerprint density at radius 3 is 2.53 bits per heavy atom. The van der Waals surface area contributed by atoms with Gasteiger partial charge in [-0.1, -0.05) is 41.9 Å². The van der Waals surface area contributed by atoms with Gasteiger partial charge in [-0.3, -0.25) is 4.79 Å². The molecule has 0 aliphatic heterocycles. The normalized spacial score (nSPS) is 11.2. The van der Waals surface area contributed by atoms with Gasteiger partial charge in [-0.2, -0.15) is 0 Å². The fourth-order valence-electron chi connectivity index (χ4n) is 3.28. The summed E-state index contributed by atoms with van der Waals surface area (Å²) in [7, 11) is 5.56. The van der Waals surface area contributed by atoms with Crippen LogP contribution in [0.5, 0.6) is 11.5 Å². The predicted molar refractivity (Wildman–Crippen MR) is 132 cm³/mol. The van der Waals surface area contributed by atoms with Crippen molar-refractivity contribution in [1.29, 1.82) is 0 Å². The third-order valence-corrected chi connectivity index (χ3v) is 5.45. The summed E-state index contributed by atoms with van der Waals surface area (Å²) in [5.74, 6) is 1.09. The largest absolute Gasteiger partial charge is 0.497 e. The number of halogens is 1. The molecule has 0 unspecified atom stereocenters. The molecule has 0 aliphatic rings. The molecule has 0 heterocycles. The quantitative estimate of drug-likeness (QED) is 0.289. The molecule has 0 N–H and O–H groups in total. The van der Waals surface area contributed by atoms with Crippen molar-refractivity contribution < 1.29 is 14.3 Å². The highest BCUT2D eigenvalue weighted by Crippen LogP contribution is 2.30. The smallest absolute Gasteiger partial charge is 0.189 e. The molecule has 0 amide bonds. The monoisotopic (exact) mass is 449 g/mol. The minimum absolute atomic E-state index is 0.146. The van der Waals surface area contributed by atoms with Crippen LogP contribution < -0.4 is 9.47 Å². The standard InChI is InChI=1S/C27H28ClNO3/c1-19-7-5-6-8-23(19)21-11-14-27(32-16-15-29(2)3)24(17-21)26(30)13-10-20-9-12-22(31-4)18-25(20)28/h5-14,17-18H,15-16H2,1-4H3. The Bertz CT molecular complexity index is 1120. The van der Waals surface area contributed by atoms with E-state index < -0.39 is 0 Å². The summed E-state index contributed by atoms with van der Waals surface area (Å²) in [5.41, 5.74) is 4.47. The van der Waals surface area contributed by atoms with E-state index in [9.17, 15) is 4.79 Å². The first-order valence-electron chi connectivity index (χ1n) is 10.4. The van der Waals surface area contributed by atoms with Gasteiger partial charge in [0.05, 0.1) is 17.7 Å². The van der Waals surface area contributed by atoms with Crippen LogP contribution in [0, 0.1) is 6.92 Å². The molecule has 0 aliphatic carbocycles. The molecule has 166 valence electrons. The van der Waals surface area contributed by atoms with E-state index in [-0.39, 0.29) is 5.78 Å². The second-order valence-electron chi connectivity index (χ2n) is 7.76. The number of rotatable bonds is 9. The first kappa shape index (κ1) is 23.6. The van der Waals surface area contributed by atoms with Crippen LogP contribution in [0.2, 0.25) is 5.02 Å². The topological polar surface area (TPSA) is 38.8 Å². The van der Waals surface area contributed by atoms with E-state index in [2.05, 4.69) is 19.1 Å². The zero-order chi connectivity index (χ0) is 23.1. The maximum atomic E-state index is 13.2. The SMILES string of the molecule is COc1ccc(C=CC(=O)c2cc(-c3ccccc3C)ccc2OCCN(C)C)c(Cl)c1. The highest BCUT2D eigenvalue weighted by Gasteiger charge is 2.14. The van der Waals surface area contributed by atoms with Crippen molar-refractivity contribution in [2.24, 2.45) is 0 Å². The zero-order valence-electron chi connectivity index (χ0n) is 18.9. The molecule has 0 saturated carbocycles. The number of benzene rings is 3. The number of allylic oxidation sites excluding steroid dienone is 1. The molecule has 5 heteroatoms. The van der Waals surface area contributed by atoms with Gasteiger partial charge in [-0.25, -0.2) is 0 Å². The van der Waals surface area contributed by atoms with E-state index in [4.69, 9.17) is 21.1 Å².